The van der Waals surface area contributed by atoms with Crippen molar-refractivity contribution in [3.63, 3.8) is 0 Å². The first-order valence-corrected chi connectivity index (χ1v) is 7.93. The lowest BCUT2D eigenvalue weighted by Gasteiger charge is -2.37. The fraction of sp³-hybridized carbons (Fsp3) is 0.444. The molecule has 1 aliphatic heterocycles. The maximum absolute atomic E-state index is 13.0. The SMILES string of the molecule is O=C1[C@@H]2[C@@H]3C=C[C@H]([C@H]4C[C@@H]34)[C@@H]2C(=O)N1Cc1ccc(F)cc1. The molecular weight excluding hydrogens is 281 g/mol. The molecule has 1 aromatic carbocycles. The molecule has 2 saturated carbocycles. The normalized spacial score (nSPS) is 40.9. The third-order valence-corrected chi connectivity index (χ3v) is 6.01. The van der Waals surface area contributed by atoms with Crippen LogP contribution in [0.4, 0.5) is 4.39 Å². The van der Waals surface area contributed by atoms with E-state index in [-0.39, 0.29) is 47.8 Å². The summed E-state index contributed by atoms with van der Waals surface area (Å²) in [5, 5.41) is 0. The van der Waals surface area contributed by atoms with E-state index in [9.17, 15) is 14.0 Å². The van der Waals surface area contributed by atoms with Crippen LogP contribution < -0.4 is 0 Å². The molecule has 0 N–H and O–H groups in total. The zero-order valence-corrected chi connectivity index (χ0v) is 12.0. The second kappa shape index (κ2) is 4.06. The molecule has 1 saturated heterocycles. The fourth-order valence-electron chi connectivity index (χ4n) is 4.95. The summed E-state index contributed by atoms with van der Waals surface area (Å²) < 4.78 is 13.0. The molecule has 2 amide bonds. The van der Waals surface area contributed by atoms with Crippen molar-refractivity contribution in [2.45, 2.75) is 13.0 Å². The van der Waals surface area contributed by atoms with Crippen molar-refractivity contribution in [3.8, 4) is 0 Å². The van der Waals surface area contributed by atoms with Gasteiger partial charge in [0.1, 0.15) is 5.82 Å². The minimum atomic E-state index is -0.307. The van der Waals surface area contributed by atoms with Gasteiger partial charge in [-0.25, -0.2) is 4.39 Å². The lowest BCUT2D eigenvalue weighted by Crippen LogP contribution is -2.40. The first kappa shape index (κ1) is 12.6. The van der Waals surface area contributed by atoms with Crippen molar-refractivity contribution >= 4 is 11.8 Å². The molecule has 6 rings (SSSR count). The second-order valence-electron chi connectivity index (χ2n) is 7.04. The van der Waals surface area contributed by atoms with Gasteiger partial charge in [-0.1, -0.05) is 24.3 Å². The molecular formula is C18H16FNO2. The van der Waals surface area contributed by atoms with Gasteiger partial charge < -0.3 is 0 Å². The molecule has 0 unspecified atom stereocenters. The molecule has 0 spiro atoms. The molecule has 4 aliphatic carbocycles. The number of hydrogen-bond acceptors (Lipinski definition) is 2. The van der Waals surface area contributed by atoms with Crippen LogP contribution in [0.25, 0.3) is 0 Å². The fourth-order valence-corrected chi connectivity index (χ4v) is 4.95. The predicted octanol–water partition coefficient (Wildman–Crippen LogP) is 2.38. The van der Waals surface area contributed by atoms with E-state index in [1.807, 2.05) is 0 Å². The van der Waals surface area contributed by atoms with E-state index in [4.69, 9.17) is 0 Å². The van der Waals surface area contributed by atoms with Gasteiger partial charge in [0, 0.05) is 0 Å². The highest BCUT2D eigenvalue weighted by Crippen LogP contribution is 2.65. The standard InChI is InChI=1S/C18H16FNO2/c19-10-3-1-9(2-4-10)8-20-17(21)15-11-5-6-12(14-7-13(11)14)16(15)18(20)22/h1-6,11-16H,7-8H2/t11-,12-,13-,14+,15+,16-/m1/s1. The number of halogens is 1. The Morgan fingerprint density at radius 2 is 1.50 bits per heavy atom. The van der Waals surface area contributed by atoms with Crippen molar-refractivity contribution < 1.29 is 14.0 Å². The average molecular weight is 297 g/mol. The number of carbonyl (C=O) groups is 2. The zero-order valence-electron chi connectivity index (χ0n) is 12.0. The van der Waals surface area contributed by atoms with E-state index in [1.54, 1.807) is 12.1 Å². The number of rotatable bonds is 2. The van der Waals surface area contributed by atoms with Gasteiger partial charge in [0.25, 0.3) is 0 Å². The smallest absolute Gasteiger partial charge is 0.234 e. The van der Waals surface area contributed by atoms with Gasteiger partial charge in [0.05, 0.1) is 18.4 Å². The van der Waals surface area contributed by atoms with Crippen molar-refractivity contribution in [1.29, 1.82) is 0 Å². The average Bonchev–Trinajstić information content (AvgIpc) is 3.30. The van der Waals surface area contributed by atoms with E-state index < -0.39 is 0 Å². The van der Waals surface area contributed by atoms with E-state index in [0.717, 1.165) is 5.56 Å². The molecule has 0 aromatic heterocycles. The maximum Gasteiger partial charge on any atom is 0.234 e. The molecule has 5 aliphatic rings. The van der Waals surface area contributed by atoms with Crippen LogP contribution in [0.15, 0.2) is 36.4 Å². The van der Waals surface area contributed by atoms with Crippen LogP contribution in [-0.2, 0) is 16.1 Å². The number of hydrogen-bond donors (Lipinski definition) is 0. The summed E-state index contributed by atoms with van der Waals surface area (Å²) in [6.07, 6.45) is 5.52. The molecule has 1 heterocycles. The Hall–Kier alpha value is -1.97. The van der Waals surface area contributed by atoms with Gasteiger partial charge in [0.15, 0.2) is 0 Å². The Morgan fingerprint density at radius 3 is 2.05 bits per heavy atom. The molecule has 4 heteroatoms. The maximum atomic E-state index is 13.0. The van der Waals surface area contributed by atoms with Crippen molar-refractivity contribution in [1.82, 2.24) is 4.90 Å². The number of likely N-dealkylation sites (tertiary alicyclic amines) is 1. The van der Waals surface area contributed by atoms with Crippen molar-refractivity contribution in [3.05, 3.63) is 47.8 Å². The molecule has 2 bridgehead atoms. The highest BCUT2D eigenvalue weighted by molar-refractivity contribution is 6.06. The summed E-state index contributed by atoms with van der Waals surface area (Å²) in [5.41, 5.74) is 0.798. The summed E-state index contributed by atoms with van der Waals surface area (Å²) in [6, 6.07) is 6.02. The number of nitrogens with zero attached hydrogens (tertiary/aromatic N) is 1. The monoisotopic (exact) mass is 297 g/mol. The molecule has 22 heavy (non-hydrogen) atoms. The molecule has 1 aromatic rings. The first-order valence-electron chi connectivity index (χ1n) is 7.93. The number of benzene rings is 1. The highest BCUT2D eigenvalue weighted by Gasteiger charge is 2.66. The topological polar surface area (TPSA) is 37.4 Å². The molecule has 6 atom stereocenters. The van der Waals surface area contributed by atoms with Gasteiger partial charge in [-0.3, -0.25) is 14.5 Å². The van der Waals surface area contributed by atoms with E-state index in [2.05, 4.69) is 12.2 Å². The predicted molar refractivity (Wildman–Crippen MR) is 76.7 cm³/mol. The summed E-state index contributed by atoms with van der Waals surface area (Å²) in [4.78, 5) is 26.9. The Balaban J connectivity index is 1.46. The van der Waals surface area contributed by atoms with E-state index >= 15 is 0 Å². The summed E-state index contributed by atoms with van der Waals surface area (Å²) >= 11 is 0. The lowest BCUT2D eigenvalue weighted by atomic mass is 9.63. The Labute approximate surface area is 127 Å². The van der Waals surface area contributed by atoms with Crippen LogP contribution in [0.3, 0.4) is 0 Å². The third kappa shape index (κ3) is 1.50. The Morgan fingerprint density at radius 1 is 0.955 bits per heavy atom. The second-order valence-corrected chi connectivity index (χ2v) is 7.04. The quantitative estimate of drug-likeness (QED) is 0.621. The summed E-state index contributed by atoms with van der Waals surface area (Å²) in [6.45, 7) is 0.264. The Bertz CT molecular complexity index is 674. The van der Waals surface area contributed by atoms with Gasteiger partial charge in [0.2, 0.25) is 11.8 Å². The molecule has 112 valence electrons. The minimum absolute atomic E-state index is 0.0241. The minimum Gasteiger partial charge on any atom is -0.278 e. The number of carbonyl (C=O) groups excluding carboxylic acids is 2. The number of allylic oxidation sites excluding steroid dienone is 2. The Kier molecular flexibility index (Phi) is 2.32. The van der Waals surface area contributed by atoms with Crippen molar-refractivity contribution in [2.75, 3.05) is 0 Å². The van der Waals surface area contributed by atoms with Crippen molar-refractivity contribution in [2.24, 2.45) is 35.5 Å². The van der Waals surface area contributed by atoms with Crippen LogP contribution in [0, 0.1) is 41.3 Å². The molecule has 3 nitrogen and oxygen atoms in total. The third-order valence-electron chi connectivity index (χ3n) is 6.01. The van der Waals surface area contributed by atoms with Crippen LogP contribution in [0.1, 0.15) is 12.0 Å². The number of imide groups is 1. The highest BCUT2D eigenvalue weighted by atomic mass is 19.1. The van der Waals surface area contributed by atoms with Crippen LogP contribution >= 0.6 is 0 Å². The van der Waals surface area contributed by atoms with Crippen LogP contribution in [0.2, 0.25) is 0 Å². The van der Waals surface area contributed by atoms with Gasteiger partial charge >= 0.3 is 0 Å². The number of amides is 2. The summed E-state index contributed by atoms with van der Waals surface area (Å²) in [5.74, 6) is 1.12. The molecule has 3 fully saturated rings. The largest absolute Gasteiger partial charge is 0.278 e. The van der Waals surface area contributed by atoms with E-state index in [0.29, 0.717) is 11.8 Å². The van der Waals surface area contributed by atoms with Gasteiger partial charge in [-0.15, -0.1) is 0 Å². The summed E-state index contributed by atoms with van der Waals surface area (Å²) in [7, 11) is 0. The van der Waals surface area contributed by atoms with Crippen LogP contribution in [-0.4, -0.2) is 16.7 Å². The van der Waals surface area contributed by atoms with Crippen LogP contribution in [0.5, 0.6) is 0 Å². The van der Waals surface area contributed by atoms with Gasteiger partial charge in [-0.05, 0) is 47.8 Å². The molecule has 0 radical (unpaired) electrons. The zero-order chi connectivity index (χ0) is 15.0. The van der Waals surface area contributed by atoms with E-state index in [1.165, 1.54) is 23.5 Å². The van der Waals surface area contributed by atoms with Gasteiger partial charge in [-0.2, -0.15) is 0 Å². The first-order chi connectivity index (χ1) is 10.6. The lowest BCUT2D eigenvalue weighted by molar-refractivity contribution is -0.140.